The molecule has 0 saturated carbocycles. The zero-order valence-corrected chi connectivity index (χ0v) is 15.8. The van der Waals surface area contributed by atoms with Gasteiger partial charge in [0.2, 0.25) is 5.91 Å². The number of carbonyl (C=O) groups is 2. The number of thiazole rings is 1. The Kier molecular flexibility index (Phi) is 3.80. The molecular formula is C20H15N3O2S2. The van der Waals surface area contributed by atoms with Crippen LogP contribution in [0.5, 0.6) is 0 Å². The van der Waals surface area contributed by atoms with E-state index in [0.29, 0.717) is 18.5 Å². The van der Waals surface area contributed by atoms with Crippen LogP contribution in [-0.2, 0) is 9.59 Å². The zero-order chi connectivity index (χ0) is 18.4. The number of thioether (sulfide) groups is 1. The molecule has 134 valence electrons. The average Bonchev–Trinajstić information content (AvgIpc) is 3.38. The van der Waals surface area contributed by atoms with Crippen LogP contribution < -0.4 is 10.2 Å². The molecule has 5 rings (SSSR count). The first-order chi connectivity index (χ1) is 13.2. The summed E-state index contributed by atoms with van der Waals surface area (Å²) in [6.07, 6.45) is 2.65. The van der Waals surface area contributed by atoms with Crippen molar-refractivity contribution in [3.8, 4) is 10.6 Å². The monoisotopic (exact) mass is 393 g/mol. The smallest absolute Gasteiger partial charge is 0.261 e. The summed E-state index contributed by atoms with van der Waals surface area (Å²) in [5, 5.41) is 5.86. The van der Waals surface area contributed by atoms with Crippen LogP contribution in [-0.4, -0.2) is 21.7 Å². The van der Waals surface area contributed by atoms with Crippen LogP contribution in [0.2, 0.25) is 0 Å². The van der Waals surface area contributed by atoms with Crippen molar-refractivity contribution in [2.75, 3.05) is 10.2 Å². The van der Waals surface area contributed by atoms with E-state index in [9.17, 15) is 9.59 Å². The van der Waals surface area contributed by atoms with Crippen molar-refractivity contribution < 1.29 is 9.59 Å². The molecule has 3 aromatic rings. The van der Waals surface area contributed by atoms with E-state index in [2.05, 4.69) is 10.3 Å². The molecule has 3 heterocycles. The molecule has 1 saturated heterocycles. The summed E-state index contributed by atoms with van der Waals surface area (Å²) < 4.78 is 0. The van der Waals surface area contributed by atoms with Crippen LogP contribution in [0.1, 0.15) is 12.8 Å². The van der Waals surface area contributed by atoms with Gasteiger partial charge in [-0.1, -0.05) is 36.0 Å². The summed E-state index contributed by atoms with van der Waals surface area (Å²) in [4.78, 5) is 31.9. The van der Waals surface area contributed by atoms with Crippen molar-refractivity contribution >= 4 is 46.3 Å². The van der Waals surface area contributed by atoms with Gasteiger partial charge in [0.1, 0.15) is 5.01 Å². The van der Waals surface area contributed by atoms with E-state index >= 15 is 0 Å². The van der Waals surface area contributed by atoms with E-state index in [4.69, 9.17) is 0 Å². The van der Waals surface area contributed by atoms with E-state index < -0.39 is 4.87 Å². The van der Waals surface area contributed by atoms with Crippen molar-refractivity contribution in [1.82, 2.24) is 4.98 Å². The van der Waals surface area contributed by atoms with E-state index in [1.54, 1.807) is 22.4 Å². The van der Waals surface area contributed by atoms with Crippen LogP contribution in [0.15, 0.2) is 65.0 Å². The molecule has 1 unspecified atom stereocenters. The fraction of sp³-hybridized carbons (Fsp3) is 0.150. The first-order valence-electron chi connectivity index (χ1n) is 8.60. The summed E-state index contributed by atoms with van der Waals surface area (Å²) >= 11 is 3.02. The SMILES string of the molecule is O=C1CCC2(C(=O)Nc3cccc(-c4nccs4)c3)Sc3ccccc3N12. The van der Waals surface area contributed by atoms with Crippen molar-refractivity contribution in [3.05, 3.63) is 60.1 Å². The fourth-order valence-electron chi connectivity index (χ4n) is 3.62. The van der Waals surface area contributed by atoms with Gasteiger partial charge in [-0.25, -0.2) is 4.98 Å². The first-order valence-corrected chi connectivity index (χ1v) is 10.3. The number of hydrogen-bond donors (Lipinski definition) is 1. The molecule has 2 amide bonds. The number of rotatable bonds is 3. The molecule has 0 bridgehead atoms. The lowest BCUT2D eigenvalue weighted by Crippen LogP contribution is -2.49. The normalized spacial score (nSPS) is 20.4. The zero-order valence-electron chi connectivity index (χ0n) is 14.2. The minimum Gasteiger partial charge on any atom is -0.323 e. The second-order valence-corrected chi connectivity index (χ2v) is 8.67. The predicted molar refractivity (Wildman–Crippen MR) is 108 cm³/mol. The third-order valence-electron chi connectivity index (χ3n) is 4.83. The number of nitrogens with one attached hydrogen (secondary N) is 1. The maximum Gasteiger partial charge on any atom is 0.261 e. The van der Waals surface area contributed by atoms with Crippen molar-refractivity contribution in [2.24, 2.45) is 0 Å². The van der Waals surface area contributed by atoms with Crippen molar-refractivity contribution in [2.45, 2.75) is 22.6 Å². The third-order valence-corrected chi connectivity index (χ3v) is 7.12. The van der Waals surface area contributed by atoms with Gasteiger partial charge >= 0.3 is 0 Å². The maximum absolute atomic E-state index is 13.3. The Balaban J connectivity index is 1.47. The van der Waals surface area contributed by atoms with Gasteiger partial charge in [0.05, 0.1) is 5.69 Å². The lowest BCUT2D eigenvalue weighted by atomic mass is 10.1. The van der Waals surface area contributed by atoms with Crippen molar-refractivity contribution in [3.63, 3.8) is 0 Å². The van der Waals surface area contributed by atoms with E-state index in [0.717, 1.165) is 21.2 Å². The van der Waals surface area contributed by atoms with Gasteiger partial charge in [-0.2, -0.15) is 0 Å². The van der Waals surface area contributed by atoms with Gasteiger partial charge in [-0.3, -0.25) is 14.5 Å². The molecule has 7 heteroatoms. The van der Waals surface area contributed by atoms with Crippen LogP contribution in [0.3, 0.4) is 0 Å². The quantitative estimate of drug-likeness (QED) is 0.717. The van der Waals surface area contributed by atoms with E-state index in [-0.39, 0.29) is 11.8 Å². The number of benzene rings is 2. The van der Waals surface area contributed by atoms with Gasteiger partial charge in [-0.15, -0.1) is 11.3 Å². The highest BCUT2D eigenvalue weighted by Gasteiger charge is 2.57. The van der Waals surface area contributed by atoms with Crippen LogP contribution in [0, 0.1) is 0 Å². The summed E-state index contributed by atoms with van der Waals surface area (Å²) in [6.45, 7) is 0. The maximum atomic E-state index is 13.3. The Bertz CT molecular complexity index is 1050. The standard InChI is InChI=1S/C20H15N3O2S2/c24-17-8-9-20(23(17)15-6-1-2-7-16(15)27-20)19(25)22-14-5-3-4-13(12-14)18-21-10-11-26-18/h1-7,10-12H,8-9H2,(H,22,25). The molecule has 1 atom stereocenters. The highest BCUT2D eigenvalue weighted by Crippen LogP contribution is 2.56. The largest absolute Gasteiger partial charge is 0.323 e. The number of anilines is 2. The molecule has 0 aliphatic carbocycles. The molecule has 2 aliphatic rings. The minimum absolute atomic E-state index is 0.000800. The second kappa shape index (κ2) is 6.21. The number of amides is 2. The Hall–Kier alpha value is -2.64. The predicted octanol–water partition coefficient (Wildman–Crippen LogP) is 4.38. The van der Waals surface area contributed by atoms with Gasteiger partial charge in [0, 0.05) is 34.1 Å². The molecule has 1 aromatic heterocycles. The summed E-state index contributed by atoms with van der Waals surface area (Å²) in [7, 11) is 0. The van der Waals surface area contributed by atoms with E-state index in [1.807, 2.05) is 53.9 Å². The van der Waals surface area contributed by atoms with Gasteiger partial charge in [0.25, 0.3) is 5.91 Å². The number of aromatic nitrogens is 1. The third kappa shape index (κ3) is 2.57. The Morgan fingerprint density at radius 3 is 2.93 bits per heavy atom. The number of para-hydroxylation sites is 1. The molecular weight excluding hydrogens is 378 g/mol. The first kappa shape index (κ1) is 16.5. The highest BCUT2D eigenvalue weighted by atomic mass is 32.2. The fourth-order valence-corrected chi connectivity index (χ4v) is 5.67. The molecule has 0 radical (unpaired) electrons. The summed E-state index contributed by atoms with van der Waals surface area (Å²) in [5.41, 5.74) is 2.50. The molecule has 1 fully saturated rings. The van der Waals surface area contributed by atoms with Crippen LogP contribution in [0.4, 0.5) is 11.4 Å². The van der Waals surface area contributed by atoms with Gasteiger partial charge < -0.3 is 5.32 Å². The number of carbonyl (C=O) groups excluding carboxylic acids is 2. The minimum atomic E-state index is -0.905. The topological polar surface area (TPSA) is 62.3 Å². The summed E-state index contributed by atoms with van der Waals surface area (Å²) in [6, 6.07) is 15.3. The van der Waals surface area contributed by atoms with Gasteiger partial charge in [0.15, 0.2) is 4.87 Å². The number of hydrogen-bond acceptors (Lipinski definition) is 5. The lowest BCUT2D eigenvalue weighted by Gasteiger charge is -2.29. The molecule has 5 nitrogen and oxygen atoms in total. The molecule has 2 aromatic carbocycles. The van der Waals surface area contributed by atoms with Gasteiger partial charge in [-0.05, 0) is 30.7 Å². The molecule has 1 N–H and O–H groups in total. The van der Waals surface area contributed by atoms with E-state index in [1.165, 1.54) is 11.8 Å². The molecule has 27 heavy (non-hydrogen) atoms. The second-order valence-electron chi connectivity index (χ2n) is 6.46. The van der Waals surface area contributed by atoms with Crippen molar-refractivity contribution in [1.29, 1.82) is 0 Å². The highest BCUT2D eigenvalue weighted by molar-refractivity contribution is 8.02. The summed E-state index contributed by atoms with van der Waals surface area (Å²) in [5.74, 6) is -0.162. The Labute approximate surface area is 164 Å². The average molecular weight is 393 g/mol. The molecule has 2 aliphatic heterocycles. The number of fused-ring (bicyclic) bond motifs is 3. The Morgan fingerprint density at radius 1 is 1.19 bits per heavy atom. The number of nitrogens with zero attached hydrogens (tertiary/aromatic N) is 2. The van der Waals surface area contributed by atoms with Crippen LogP contribution in [0.25, 0.3) is 10.6 Å². The lowest BCUT2D eigenvalue weighted by molar-refractivity contribution is -0.121. The van der Waals surface area contributed by atoms with Crippen LogP contribution >= 0.6 is 23.1 Å². The molecule has 0 spiro atoms. The Morgan fingerprint density at radius 2 is 2.07 bits per heavy atom.